The lowest BCUT2D eigenvalue weighted by Crippen LogP contribution is -2.16. The molecule has 0 aliphatic heterocycles. The van der Waals surface area contributed by atoms with Crippen molar-refractivity contribution in [1.82, 2.24) is 29.7 Å². The molecule has 0 bridgehead atoms. The molecule has 10 nitrogen and oxygen atoms in total. The van der Waals surface area contributed by atoms with Gasteiger partial charge in [-0.2, -0.15) is 0 Å². The van der Waals surface area contributed by atoms with Crippen molar-refractivity contribution in [2.75, 3.05) is 18.9 Å². The average Bonchev–Trinajstić information content (AvgIpc) is 3.30. The van der Waals surface area contributed by atoms with Gasteiger partial charge in [0.2, 0.25) is 5.95 Å². The SMILES string of the molecule is COc1cccc(OC)c1-n1c(NSC(C)[C@@H](O)c2cnc(C)cn2)nnc1-c1cccnc1. The molecule has 0 saturated heterocycles. The molecular formula is C23H25N7O3S. The maximum absolute atomic E-state index is 10.7. The van der Waals surface area contributed by atoms with Crippen LogP contribution in [0, 0.1) is 6.92 Å². The van der Waals surface area contributed by atoms with Crippen LogP contribution in [-0.2, 0) is 0 Å². The molecule has 176 valence electrons. The maximum Gasteiger partial charge on any atom is 0.239 e. The summed E-state index contributed by atoms with van der Waals surface area (Å²) in [7, 11) is 3.19. The van der Waals surface area contributed by atoms with Gasteiger partial charge in [0, 0.05) is 24.2 Å². The largest absolute Gasteiger partial charge is 0.494 e. The summed E-state index contributed by atoms with van der Waals surface area (Å²) in [6, 6.07) is 9.25. The Bertz CT molecular complexity index is 1210. The van der Waals surface area contributed by atoms with Gasteiger partial charge in [0.25, 0.3) is 0 Å². The molecule has 3 aromatic heterocycles. The van der Waals surface area contributed by atoms with Crippen LogP contribution in [0.4, 0.5) is 5.95 Å². The summed E-state index contributed by atoms with van der Waals surface area (Å²) in [5.74, 6) is 2.15. The number of nitrogens with zero attached hydrogens (tertiary/aromatic N) is 6. The minimum absolute atomic E-state index is 0.274. The molecule has 0 aliphatic carbocycles. The molecule has 1 unspecified atom stereocenters. The number of hydrogen-bond acceptors (Lipinski definition) is 10. The summed E-state index contributed by atoms with van der Waals surface area (Å²) >= 11 is 1.29. The number of methoxy groups -OCH3 is 2. The van der Waals surface area contributed by atoms with Gasteiger partial charge in [-0.25, -0.2) is 0 Å². The van der Waals surface area contributed by atoms with Crippen molar-refractivity contribution in [3.05, 3.63) is 66.5 Å². The van der Waals surface area contributed by atoms with Gasteiger partial charge in [-0.15, -0.1) is 10.2 Å². The van der Waals surface area contributed by atoms with Crippen molar-refractivity contribution in [3.8, 4) is 28.6 Å². The van der Waals surface area contributed by atoms with Gasteiger partial charge in [-0.1, -0.05) is 6.07 Å². The smallest absolute Gasteiger partial charge is 0.239 e. The van der Waals surface area contributed by atoms with Crippen LogP contribution in [0.15, 0.2) is 55.1 Å². The first-order chi connectivity index (χ1) is 16.5. The van der Waals surface area contributed by atoms with Crippen LogP contribution in [0.3, 0.4) is 0 Å². The second-order valence-corrected chi connectivity index (χ2v) is 8.57. The van der Waals surface area contributed by atoms with Gasteiger partial charge in [0.1, 0.15) is 23.3 Å². The van der Waals surface area contributed by atoms with Gasteiger partial charge in [-0.05, 0) is 50.1 Å². The van der Waals surface area contributed by atoms with Crippen LogP contribution < -0.4 is 14.2 Å². The van der Waals surface area contributed by atoms with Crippen LogP contribution in [0.5, 0.6) is 11.5 Å². The van der Waals surface area contributed by atoms with E-state index < -0.39 is 6.10 Å². The minimum Gasteiger partial charge on any atom is -0.494 e. The molecule has 3 heterocycles. The lowest BCUT2D eigenvalue weighted by atomic mass is 10.2. The molecule has 0 spiro atoms. The van der Waals surface area contributed by atoms with Crippen LogP contribution in [0.25, 0.3) is 17.1 Å². The third kappa shape index (κ3) is 4.80. The quantitative estimate of drug-likeness (QED) is 0.344. The Hall–Kier alpha value is -3.70. The van der Waals surface area contributed by atoms with Gasteiger partial charge in [0.05, 0.1) is 37.1 Å². The van der Waals surface area contributed by atoms with Crippen molar-refractivity contribution >= 4 is 17.9 Å². The fourth-order valence-corrected chi connectivity index (χ4v) is 3.99. The van der Waals surface area contributed by atoms with Gasteiger partial charge in [-0.3, -0.25) is 24.2 Å². The number of pyridine rings is 1. The van der Waals surface area contributed by atoms with Crippen LogP contribution >= 0.6 is 11.9 Å². The maximum atomic E-state index is 10.7. The Kier molecular flexibility index (Phi) is 7.24. The number of hydrogen-bond donors (Lipinski definition) is 2. The number of nitrogens with one attached hydrogen (secondary N) is 1. The van der Waals surface area contributed by atoms with E-state index >= 15 is 0 Å². The summed E-state index contributed by atoms with van der Waals surface area (Å²) in [6.45, 7) is 3.73. The zero-order chi connectivity index (χ0) is 24.1. The molecule has 2 N–H and O–H groups in total. The number of ether oxygens (including phenoxy) is 2. The molecule has 2 atom stereocenters. The second kappa shape index (κ2) is 10.5. The zero-order valence-electron chi connectivity index (χ0n) is 19.2. The summed E-state index contributed by atoms with van der Waals surface area (Å²) in [4.78, 5) is 12.7. The molecule has 11 heteroatoms. The molecule has 0 saturated carbocycles. The molecule has 4 aromatic rings. The highest BCUT2D eigenvalue weighted by Gasteiger charge is 2.24. The number of aliphatic hydroxyl groups is 1. The van der Waals surface area contributed by atoms with E-state index in [-0.39, 0.29) is 5.25 Å². The van der Waals surface area contributed by atoms with E-state index in [0.717, 1.165) is 11.3 Å². The Balaban J connectivity index is 1.70. The predicted molar refractivity (Wildman–Crippen MR) is 130 cm³/mol. The van der Waals surface area contributed by atoms with Gasteiger partial charge >= 0.3 is 0 Å². The lowest BCUT2D eigenvalue weighted by molar-refractivity contribution is 0.174. The van der Waals surface area contributed by atoms with E-state index in [0.29, 0.717) is 34.7 Å². The fourth-order valence-electron chi connectivity index (χ4n) is 3.30. The highest BCUT2D eigenvalue weighted by Crippen LogP contribution is 2.38. The summed E-state index contributed by atoms with van der Waals surface area (Å²) in [5.41, 5.74) is 2.69. The summed E-state index contributed by atoms with van der Waals surface area (Å²) in [6.07, 6.45) is 5.79. The Morgan fingerprint density at radius 2 is 1.76 bits per heavy atom. The molecule has 0 fully saturated rings. The van der Waals surface area contributed by atoms with Crippen molar-refractivity contribution in [1.29, 1.82) is 0 Å². The first kappa shape index (κ1) is 23.5. The van der Waals surface area contributed by atoms with Crippen molar-refractivity contribution in [2.24, 2.45) is 0 Å². The third-order valence-electron chi connectivity index (χ3n) is 5.09. The average molecular weight is 480 g/mol. The number of para-hydroxylation sites is 1. The Labute approximate surface area is 201 Å². The van der Waals surface area contributed by atoms with E-state index in [2.05, 4.69) is 29.9 Å². The lowest BCUT2D eigenvalue weighted by Gasteiger charge is -2.20. The van der Waals surface area contributed by atoms with Crippen LogP contribution in [0.1, 0.15) is 24.4 Å². The number of rotatable bonds is 9. The topological polar surface area (TPSA) is 120 Å². The standard InChI is InChI=1S/C23H25N7O3S/c1-14-11-26-17(13-25-14)21(31)15(2)34-29-23-28-27-22(16-7-6-10-24-12-16)30(23)20-18(32-3)8-5-9-19(20)33-4/h5-13,15,21,31H,1-4H3,(H,28,29)/t15?,21-/m1/s1. The van der Waals surface area contributed by atoms with Crippen molar-refractivity contribution in [3.63, 3.8) is 0 Å². The van der Waals surface area contributed by atoms with E-state index in [1.165, 1.54) is 11.9 Å². The van der Waals surface area contributed by atoms with Gasteiger partial charge in [0.15, 0.2) is 5.82 Å². The summed E-state index contributed by atoms with van der Waals surface area (Å²) in [5, 5.41) is 19.2. The molecule has 4 rings (SSSR count). The Morgan fingerprint density at radius 1 is 1.00 bits per heavy atom. The van der Waals surface area contributed by atoms with E-state index in [9.17, 15) is 5.11 Å². The van der Waals surface area contributed by atoms with Crippen LogP contribution in [0.2, 0.25) is 0 Å². The molecule has 34 heavy (non-hydrogen) atoms. The van der Waals surface area contributed by atoms with Gasteiger partial charge < -0.3 is 14.6 Å². The fraction of sp³-hybridized carbons (Fsp3) is 0.261. The molecule has 1 aromatic carbocycles. The number of aromatic nitrogens is 6. The van der Waals surface area contributed by atoms with E-state index in [1.807, 2.05) is 48.7 Å². The monoisotopic (exact) mass is 479 g/mol. The summed E-state index contributed by atoms with van der Waals surface area (Å²) < 4.78 is 16.3. The van der Waals surface area contributed by atoms with Crippen molar-refractivity contribution < 1.29 is 14.6 Å². The first-order valence-electron chi connectivity index (χ1n) is 10.5. The molecule has 0 radical (unpaired) electrons. The number of anilines is 1. The molecule has 0 amide bonds. The predicted octanol–water partition coefficient (Wildman–Crippen LogP) is 3.63. The van der Waals surface area contributed by atoms with Crippen LogP contribution in [-0.4, -0.2) is 54.3 Å². The normalized spacial score (nSPS) is 12.7. The minimum atomic E-state index is -0.833. The van der Waals surface area contributed by atoms with E-state index in [4.69, 9.17) is 9.47 Å². The highest BCUT2D eigenvalue weighted by molar-refractivity contribution is 8.01. The van der Waals surface area contributed by atoms with E-state index in [1.54, 1.807) is 39.0 Å². The first-order valence-corrected chi connectivity index (χ1v) is 11.4. The Morgan fingerprint density at radius 3 is 2.38 bits per heavy atom. The number of aryl methyl sites for hydroxylation is 1. The van der Waals surface area contributed by atoms with Crippen molar-refractivity contribution in [2.45, 2.75) is 25.2 Å². The third-order valence-corrected chi connectivity index (χ3v) is 6.02. The second-order valence-electron chi connectivity index (χ2n) is 7.39. The number of benzene rings is 1. The molecule has 0 aliphatic rings. The zero-order valence-corrected chi connectivity index (χ0v) is 20.0. The molecular weight excluding hydrogens is 454 g/mol. The highest BCUT2D eigenvalue weighted by atomic mass is 32.2. The number of aliphatic hydroxyl groups excluding tert-OH is 1.